The van der Waals surface area contributed by atoms with Gasteiger partial charge in [-0.15, -0.1) is 0 Å². The number of amides is 1. The highest BCUT2D eigenvalue weighted by atomic mass is 35.5. The van der Waals surface area contributed by atoms with Gasteiger partial charge in [-0.2, -0.15) is 13.2 Å². The first kappa shape index (κ1) is 18.1. The minimum atomic E-state index is -4.57. The van der Waals surface area contributed by atoms with Crippen molar-refractivity contribution in [2.75, 3.05) is 17.3 Å². The molecule has 0 spiro atoms. The van der Waals surface area contributed by atoms with Gasteiger partial charge in [0, 0.05) is 30.4 Å². The van der Waals surface area contributed by atoms with Gasteiger partial charge < -0.3 is 10.2 Å². The van der Waals surface area contributed by atoms with Crippen molar-refractivity contribution in [2.24, 2.45) is 0 Å². The fourth-order valence-electron chi connectivity index (χ4n) is 1.98. The molecule has 2 aromatic carbocycles. The molecule has 8 heteroatoms. The highest BCUT2D eigenvalue weighted by Gasteiger charge is 2.31. The molecule has 0 fully saturated rings. The summed E-state index contributed by atoms with van der Waals surface area (Å²) < 4.78 is 52.4. The minimum Gasteiger partial charge on any atom is -0.353 e. The van der Waals surface area contributed by atoms with Crippen LogP contribution >= 0.6 is 11.6 Å². The molecule has 128 valence electrons. The Morgan fingerprint density at radius 1 is 1.17 bits per heavy atom. The molecule has 3 nitrogen and oxygen atoms in total. The van der Waals surface area contributed by atoms with E-state index in [1.807, 2.05) is 0 Å². The van der Waals surface area contributed by atoms with Gasteiger partial charge in [-0.25, -0.2) is 4.39 Å². The van der Waals surface area contributed by atoms with Crippen LogP contribution in [-0.4, -0.2) is 13.0 Å². The van der Waals surface area contributed by atoms with Crippen molar-refractivity contribution in [3.05, 3.63) is 52.8 Å². The lowest BCUT2D eigenvalue weighted by Gasteiger charge is -2.17. The summed E-state index contributed by atoms with van der Waals surface area (Å²) in [5, 5.41) is 2.43. The number of anilines is 3. The van der Waals surface area contributed by atoms with Gasteiger partial charge in [0.2, 0.25) is 5.91 Å². The molecular formula is C16H13ClF4N2O. The summed E-state index contributed by atoms with van der Waals surface area (Å²) in [6.07, 6.45) is -4.57. The van der Waals surface area contributed by atoms with E-state index in [-0.39, 0.29) is 22.3 Å². The summed E-state index contributed by atoms with van der Waals surface area (Å²) in [7, 11) is 1.50. The number of hydrogen-bond donors (Lipinski definition) is 1. The molecule has 0 aliphatic heterocycles. The van der Waals surface area contributed by atoms with Crippen LogP contribution in [0.1, 0.15) is 12.5 Å². The van der Waals surface area contributed by atoms with E-state index in [1.54, 1.807) is 0 Å². The van der Waals surface area contributed by atoms with Crippen LogP contribution in [-0.2, 0) is 11.0 Å². The number of carbonyl (C=O) groups excluding carboxylic acids is 1. The number of nitrogens with zero attached hydrogens (tertiary/aromatic N) is 1. The predicted octanol–water partition coefficient (Wildman–Crippen LogP) is 5.22. The van der Waals surface area contributed by atoms with Crippen molar-refractivity contribution >= 4 is 34.6 Å². The summed E-state index contributed by atoms with van der Waals surface area (Å²) in [5.41, 5.74) is -0.647. The van der Waals surface area contributed by atoms with Gasteiger partial charge in [-0.05, 0) is 36.4 Å². The smallest absolute Gasteiger partial charge is 0.353 e. The molecule has 2 aromatic rings. The summed E-state index contributed by atoms with van der Waals surface area (Å²) in [5.74, 6) is -0.945. The summed E-state index contributed by atoms with van der Waals surface area (Å²) in [6.45, 7) is 1.34. The zero-order valence-electron chi connectivity index (χ0n) is 12.7. The second-order valence-corrected chi connectivity index (χ2v) is 5.53. The number of rotatable bonds is 3. The van der Waals surface area contributed by atoms with Gasteiger partial charge >= 0.3 is 6.18 Å². The Bertz CT molecular complexity index is 777. The third-order valence-corrected chi connectivity index (χ3v) is 3.53. The molecule has 0 aromatic heterocycles. The lowest BCUT2D eigenvalue weighted by molar-refractivity contribution is -0.137. The molecule has 0 saturated heterocycles. The summed E-state index contributed by atoms with van der Waals surface area (Å²) in [6, 6.07) is 6.69. The Balaban J connectivity index is 2.39. The highest BCUT2D eigenvalue weighted by Crippen LogP contribution is 2.34. The molecule has 0 unspecified atom stereocenters. The topological polar surface area (TPSA) is 32.3 Å². The van der Waals surface area contributed by atoms with E-state index in [4.69, 9.17) is 11.6 Å². The molecule has 1 amide bonds. The standard InChI is InChI=1S/C16H13ClF4N2O/c1-9(24)23(2)13-3-4-14(18)15(8-13)22-12-6-10(16(19,20)21)5-11(17)7-12/h3-8,22H,1-2H3. The molecule has 0 radical (unpaired) electrons. The Morgan fingerprint density at radius 2 is 1.83 bits per heavy atom. The Labute approximate surface area is 140 Å². The lowest BCUT2D eigenvalue weighted by atomic mass is 10.1. The van der Waals surface area contributed by atoms with E-state index in [2.05, 4.69) is 5.32 Å². The van der Waals surface area contributed by atoms with Crippen molar-refractivity contribution in [3.8, 4) is 0 Å². The van der Waals surface area contributed by atoms with Crippen LogP contribution in [0.2, 0.25) is 5.02 Å². The van der Waals surface area contributed by atoms with Crippen LogP contribution in [0.25, 0.3) is 0 Å². The van der Waals surface area contributed by atoms with E-state index < -0.39 is 17.6 Å². The second-order valence-electron chi connectivity index (χ2n) is 5.09. The van der Waals surface area contributed by atoms with Crippen molar-refractivity contribution in [2.45, 2.75) is 13.1 Å². The molecule has 0 aliphatic carbocycles. The van der Waals surface area contributed by atoms with Crippen LogP contribution < -0.4 is 10.2 Å². The first-order valence-corrected chi connectivity index (χ1v) is 7.14. The molecule has 0 heterocycles. The van der Waals surface area contributed by atoms with E-state index in [0.29, 0.717) is 5.69 Å². The van der Waals surface area contributed by atoms with Crippen LogP contribution in [0, 0.1) is 5.82 Å². The number of hydrogen-bond acceptors (Lipinski definition) is 2. The molecular weight excluding hydrogens is 348 g/mol. The normalized spacial score (nSPS) is 11.3. The summed E-state index contributed by atoms with van der Waals surface area (Å²) in [4.78, 5) is 12.6. The Hall–Kier alpha value is -2.28. The van der Waals surface area contributed by atoms with Crippen molar-refractivity contribution in [1.29, 1.82) is 0 Å². The molecule has 0 bridgehead atoms. The van der Waals surface area contributed by atoms with E-state index in [1.165, 1.54) is 37.1 Å². The SMILES string of the molecule is CC(=O)N(C)c1ccc(F)c(Nc2cc(Cl)cc(C(F)(F)F)c2)c1. The number of nitrogens with one attached hydrogen (secondary N) is 1. The van der Waals surface area contributed by atoms with Gasteiger partial charge in [0.05, 0.1) is 11.3 Å². The van der Waals surface area contributed by atoms with Crippen molar-refractivity contribution in [1.82, 2.24) is 0 Å². The van der Waals surface area contributed by atoms with Crippen LogP contribution in [0.5, 0.6) is 0 Å². The molecule has 2 rings (SSSR count). The van der Waals surface area contributed by atoms with Crippen LogP contribution in [0.15, 0.2) is 36.4 Å². The summed E-state index contributed by atoms with van der Waals surface area (Å²) >= 11 is 5.70. The molecule has 0 aliphatic rings. The van der Waals surface area contributed by atoms with Crippen LogP contribution in [0.3, 0.4) is 0 Å². The van der Waals surface area contributed by atoms with E-state index in [9.17, 15) is 22.4 Å². The zero-order chi connectivity index (χ0) is 18.1. The van der Waals surface area contributed by atoms with Gasteiger partial charge in [0.25, 0.3) is 0 Å². The third-order valence-electron chi connectivity index (χ3n) is 3.31. The maximum absolute atomic E-state index is 13.9. The van der Waals surface area contributed by atoms with Crippen LogP contribution in [0.4, 0.5) is 34.6 Å². The Morgan fingerprint density at radius 3 is 2.42 bits per heavy atom. The van der Waals surface area contributed by atoms with Gasteiger partial charge in [0.15, 0.2) is 0 Å². The quantitative estimate of drug-likeness (QED) is 0.761. The minimum absolute atomic E-state index is 0.0173. The zero-order valence-corrected chi connectivity index (χ0v) is 13.5. The van der Waals surface area contributed by atoms with E-state index in [0.717, 1.165) is 18.2 Å². The average molecular weight is 361 g/mol. The maximum atomic E-state index is 13.9. The number of carbonyl (C=O) groups is 1. The number of alkyl halides is 3. The average Bonchev–Trinajstić information content (AvgIpc) is 2.47. The second kappa shape index (κ2) is 6.68. The highest BCUT2D eigenvalue weighted by molar-refractivity contribution is 6.31. The number of halogens is 5. The molecule has 0 saturated carbocycles. The van der Waals surface area contributed by atoms with E-state index >= 15 is 0 Å². The monoisotopic (exact) mass is 360 g/mol. The fraction of sp³-hybridized carbons (Fsp3) is 0.188. The van der Waals surface area contributed by atoms with Gasteiger partial charge in [-0.1, -0.05) is 11.6 Å². The predicted molar refractivity (Wildman–Crippen MR) is 85.2 cm³/mol. The first-order chi connectivity index (χ1) is 11.1. The maximum Gasteiger partial charge on any atom is 0.416 e. The van der Waals surface area contributed by atoms with Gasteiger partial charge in [-0.3, -0.25) is 4.79 Å². The Kier molecular flexibility index (Phi) is 5.03. The van der Waals surface area contributed by atoms with Crippen molar-refractivity contribution in [3.63, 3.8) is 0 Å². The molecule has 0 atom stereocenters. The largest absolute Gasteiger partial charge is 0.416 e. The van der Waals surface area contributed by atoms with Gasteiger partial charge in [0.1, 0.15) is 5.82 Å². The molecule has 1 N–H and O–H groups in total. The third kappa shape index (κ3) is 4.17. The fourth-order valence-corrected chi connectivity index (χ4v) is 2.22. The lowest BCUT2D eigenvalue weighted by Crippen LogP contribution is -2.22. The number of benzene rings is 2. The molecule has 24 heavy (non-hydrogen) atoms. The van der Waals surface area contributed by atoms with Crippen molar-refractivity contribution < 1.29 is 22.4 Å². The first-order valence-electron chi connectivity index (χ1n) is 6.76.